The van der Waals surface area contributed by atoms with E-state index in [9.17, 15) is 4.79 Å². The largest absolute Gasteiger partial charge is 0.481 e. The van der Waals surface area contributed by atoms with Gasteiger partial charge in [-0.05, 0) is 13.8 Å². The molecule has 0 radical (unpaired) electrons. The van der Waals surface area contributed by atoms with Gasteiger partial charge in [0.25, 0.3) is 0 Å². The van der Waals surface area contributed by atoms with Crippen molar-refractivity contribution in [2.24, 2.45) is 0 Å². The van der Waals surface area contributed by atoms with Gasteiger partial charge in [0.15, 0.2) is 0 Å². The number of carbonyl (C=O) groups is 1. The van der Waals surface area contributed by atoms with E-state index in [2.05, 4.69) is 0 Å². The summed E-state index contributed by atoms with van der Waals surface area (Å²) < 4.78 is 5.58. The lowest BCUT2D eigenvalue weighted by Crippen LogP contribution is -2.49. The first-order chi connectivity index (χ1) is 5.54. The van der Waals surface area contributed by atoms with Crippen molar-refractivity contribution in [1.82, 2.24) is 0 Å². The summed E-state index contributed by atoms with van der Waals surface area (Å²) in [6, 6.07) is 0. The molecule has 1 fully saturated rings. The monoisotopic (exact) mass is 190 g/mol. The van der Waals surface area contributed by atoms with Crippen molar-refractivity contribution >= 4 is 17.7 Å². The van der Waals surface area contributed by atoms with Gasteiger partial charge in [0.05, 0.1) is 18.1 Å². The molecule has 1 aliphatic rings. The fraction of sp³-hybridized carbons (Fsp3) is 0.875. The second-order valence-electron chi connectivity index (χ2n) is 3.41. The van der Waals surface area contributed by atoms with Gasteiger partial charge in [0.2, 0.25) is 0 Å². The normalized spacial score (nSPS) is 20.6. The quantitative estimate of drug-likeness (QED) is 0.727. The number of rotatable bonds is 4. The van der Waals surface area contributed by atoms with Crippen LogP contribution < -0.4 is 0 Å². The number of hydrogen-bond donors (Lipinski definition) is 1. The average molecular weight is 190 g/mol. The first kappa shape index (κ1) is 9.86. The van der Waals surface area contributed by atoms with Crippen LogP contribution in [0.3, 0.4) is 0 Å². The Morgan fingerprint density at radius 1 is 1.67 bits per heavy atom. The summed E-state index contributed by atoms with van der Waals surface area (Å²) in [4.78, 5) is 10.5. The molecule has 0 aliphatic carbocycles. The van der Waals surface area contributed by atoms with Gasteiger partial charge in [-0.2, -0.15) is 11.8 Å². The van der Waals surface area contributed by atoms with E-state index in [4.69, 9.17) is 9.84 Å². The minimum absolute atomic E-state index is 0.116. The Morgan fingerprint density at radius 3 is 2.50 bits per heavy atom. The number of hydrogen-bond acceptors (Lipinski definition) is 3. The summed E-state index contributed by atoms with van der Waals surface area (Å²) in [7, 11) is 0. The summed E-state index contributed by atoms with van der Waals surface area (Å²) in [6.07, 6.45) is 0.253. The van der Waals surface area contributed by atoms with Crippen molar-refractivity contribution in [2.45, 2.75) is 32.0 Å². The van der Waals surface area contributed by atoms with Crippen LogP contribution in [0.1, 0.15) is 20.3 Å². The van der Waals surface area contributed by atoms with Gasteiger partial charge in [-0.3, -0.25) is 4.79 Å². The van der Waals surface area contributed by atoms with Crippen molar-refractivity contribution in [3.63, 3.8) is 0 Å². The van der Waals surface area contributed by atoms with Crippen molar-refractivity contribution in [1.29, 1.82) is 0 Å². The van der Waals surface area contributed by atoms with E-state index in [1.54, 1.807) is 11.8 Å². The van der Waals surface area contributed by atoms with Crippen molar-refractivity contribution in [3.05, 3.63) is 0 Å². The summed E-state index contributed by atoms with van der Waals surface area (Å²) >= 11 is 1.74. The van der Waals surface area contributed by atoms with Crippen LogP contribution in [-0.2, 0) is 9.53 Å². The molecule has 0 spiro atoms. The smallest absolute Gasteiger partial charge is 0.306 e. The molecule has 12 heavy (non-hydrogen) atoms. The fourth-order valence-corrected chi connectivity index (χ4v) is 2.32. The predicted molar refractivity (Wildman–Crippen MR) is 48.5 cm³/mol. The molecular weight excluding hydrogens is 176 g/mol. The Balaban J connectivity index is 2.45. The Labute approximate surface area is 76.5 Å². The lowest BCUT2D eigenvalue weighted by Gasteiger charge is -2.41. The summed E-state index contributed by atoms with van der Waals surface area (Å²) in [5.74, 6) is 0.866. The van der Waals surface area contributed by atoms with E-state index in [-0.39, 0.29) is 18.1 Å². The van der Waals surface area contributed by atoms with Crippen LogP contribution in [0, 0.1) is 0 Å². The molecule has 1 aliphatic heterocycles. The highest BCUT2D eigenvalue weighted by atomic mass is 32.2. The third-order valence-electron chi connectivity index (χ3n) is 1.69. The Kier molecular flexibility index (Phi) is 3.01. The van der Waals surface area contributed by atoms with Crippen LogP contribution in [0.25, 0.3) is 0 Å². The Hall–Kier alpha value is -0.220. The van der Waals surface area contributed by atoms with Crippen molar-refractivity contribution < 1.29 is 14.6 Å². The van der Waals surface area contributed by atoms with Gasteiger partial charge < -0.3 is 9.84 Å². The molecular formula is C8H14O3S. The molecule has 0 bridgehead atoms. The van der Waals surface area contributed by atoms with E-state index < -0.39 is 5.97 Å². The molecule has 0 aromatic heterocycles. The van der Waals surface area contributed by atoms with Gasteiger partial charge in [0.1, 0.15) is 0 Å². The van der Waals surface area contributed by atoms with Crippen molar-refractivity contribution in [2.75, 3.05) is 11.5 Å². The molecule has 1 N–H and O–H groups in total. The molecule has 0 saturated carbocycles. The zero-order chi connectivity index (χ0) is 9.19. The number of ether oxygens (including phenoxy) is 1. The predicted octanol–water partition coefficient (Wildman–Crippen LogP) is 1.37. The summed E-state index contributed by atoms with van der Waals surface area (Å²) in [5, 5.41) is 8.64. The summed E-state index contributed by atoms with van der Waals surface area (Å²) in [5.41, 5.74) is -0.370. The first-order valence-corrected chi connectivity index (χ1v) is 5.17. The molecule has 70 valence electrons. The molecule has 0 aromatic rings. The van der Waals surface area contributed by atoms with Crippen LogP contribution >= 0.6 is 11.8 Å². The second-order valence-corrected chi connectivity index (χ2v) is 4.40. The highest BCUT2D eigenvalue weighted by Crippen LogP contribution is 2.36. The lowest BCUT2D eigenvalue weighted by atomic mass is 10.0. The van der Waals surface area contributed by atoms with Crippen LogP contribution in [0.2, 0.25) is 0 Å². The molecule has 1 rings (SSSR count). The minimum Gasteiger partial charge on any atom is -0.481 e. The van der Waals surface area contributed by atoms with Crippen molar-refractivity contribution in [3.8, 4) is 0 Å². The van der Waals surface area contributed by atoms with Crippen LogP contribution in [0.4, 0.5) is 0 Å². The number of thioether (sulfide) groups is 1. The maximum Gasteiger partial charge on any atom is 0.306 e. The average Bonchev–Trinajstić information content (AvgIpc) is 1.80. The van der Waals surface area contributed by atoms with Gasteiger partial charge >= 0.3 is 5.97 Å². The fourth-order valence-electron chi connectivity index (χ4n) is 1.32. The van der Waals surface area contributed by atoms with E-state index in [1.165, 1.54) is 0 Å². The maximum absolute atomic E-state index is 10.5. The van der Waals surface area contributed by atoms with Gasteiger partial charge in [0, 0.05) is 11.5 Å². The number of carboxylic acid groups (broad SMARTS) is 1. The lowest BCUT2D eigenvalue weighted by molar-refractivity contribution is -0.145. The number of aliphatic carboxylic acids is 1. The first-order valence-electron chi connectivity index (χ1n) is 4.01. The molecule has 0 aromatic carbocycles. The van der Waals surface area contributed by atoms with Gasteiger partial charge in [-0.1, -0.05) is 0 Å². The third kappa shape index (κ3) is 2.38. The van der Waals surface area contributed by atoms with E-state index >= 15 is 0 Å². The van der Waals surface area contributed by atoms with Gasteiger partial charge in [-0.15, -0.1) is 0 Å². The molecule has 1 saturated heterocycles. The molecule has 3 nitrogen and oxygen atoms in total. The van der Waals surface area contributed by atoms with E-state index in [0.29, 0.717) is 0 Å². The number of carboxylic acids is 1. The van der Waals surface area contributed by atoms with Gasteiger partial charge in [-0.25, -0.2) is 0 Å². The van der Waals surface area contributed by atoms with Crippen LogP contribution in [-0.4, -0.2) is 34.3 Å². The SMILES string of the molecule is CC(C)OC1(CC(=O)O)CSC1. The molecule has 1 heterocycles. The third-order valence-corrected chi connectivity index (χ3v) is 3.15. The van der Waals surface area contributed by atoms with E-state index in [0.717, 1.165) is 11.5 Å². The van der Waals surface area contributed by atoms with Crippen LogP contribution in [0.15, 0.2) is 0 Å². The topological polar surface area (TPSA) is 46.5 Å². The minimum atomic E-state index is -0.768. The zero-order valence-electron chi connectivity index (χ0n) is 7.37. The highest BCUT2D eigenvalue weighted by Gasteiger charge is 2.41. The zero-order valence-corrected chi connectivity index (χ0v) is 8.19. The molecule has 4 heteroatoms. The Morgan fingerprint density at radius 2 is 2.25 bits per heavy atom. The second kappa shape index (κ2) is 3.66. The Bertz CT molecular complexity index is 175. The van der Waals surface area contributed by atoms with E-state index in [1.807, 2.05) is 13.8 Å². The maximum atomic E-state index is 10.5. The standard InChI is InChI=1S/C8H14O3S/c1-6(2)11-8(3-7(9)10)4-12-5-8/h6H,3-5H2,1-2H3,(H,9,10). The molecule has 0 atom stereocenters. The summed E-state index contributed by atoms with van der Waals surface area (Å²) in [6.45, 7) is 3.87. The van der Waals surface area contributed by atoms with Crippen LogP contribution in [0.5, 0.6) is 0 Å². The molecule has 0 unspecified atom stereocenters. The molecule has 0 amide bonds. The highest BCUT2D eigenvalue weighted by molar-refractivity contribution is 8.00.